The van der Waals surface area contributed by atoms with Gasteiger partial charge >= 0.3 is 0 Å². The van der Waals surface area contributed by atoms with Gasteiger partial charge < -0.3 is 5.73 Å². The molecule has 0 bridgehead atoms. The molecule has 1 rings (SSSR count). The first-order valence-corrected chi connectivity index (χ1v) is 5.15. The van der Waals surface area contributed by atoms with Gasteiger partial charge in [-0.1, -0.05) is 13.8 Å². The van der Waals surface area contributed by atoms with Crippen LogP contribution in [0.5, 0.6) is 0 Å². The van der Waals surface area contributed by atoms with Gasteiger partial charge in [-0.15, -0.1) is 0 Å². The average Bonchev–Trinajstić information content (AvgIpc) is 2.46. The Morgan fingerprint density at radius 3 is 2.29 bits per heavy atom. The normalized spacial score (nSPS) is 12.5. The molecular formula is C11H21N3. The lowest BCUT2D eigenvalue weighted by Gasteiger charge is -2.23. The summed E-state index contributed by atoms with van der Waals surface area (Å²) < 4.78 is 2.08. The highest BCUT2D eigenvalue weighted by atomic mass is 15.3. The fourth-order valence-corrected chi connectivity index (χ4v) is 1.50. The van der Waals surface area contributed by atoms with Crippen LogP contribution in [-0.4, -0.2) is 9.78 Å². The van der Waals surface area contributed by atoms with E-state index in [-0.39, 0.29) is 5.54 Å². The van der Waals surface area contributed by atoms with E-state index in [0.717, 1.165) is 5.69 Å². The van der Waals surface area contributed by atoms with Crippen LogP contribution in [-0.2, 0) is 12.1 Å². The first-order valence-electron chi connectivity index (χ1n) is 5.15. The van der Waals surface area contributed by atoms with Gasteiger partial charge in [-0.3, -0.25) is 4.68 Å². The number of rotatable bonds is 2. The molecule has 1 aromatic rings. The molecule has 3 heteroatoms. The lowest BCUT2D eigenvalue weighted by Crippen LogP contribution is -2.26. The number of nitrogens with two attached hydrogens (primary N) is 1. The van der Waals surface area contributed by atoms with E-state index in [1.165, 1.54) is 5.69 Å². The van der Waals surface area contributed by atoms with Gasteiger partial charge in [0.1, 0.15) is 0 Å². The lowest BCUT2D eigenvalue weighted by molar-refractivity contribution is 0.337. The molecule has 0 aliphatic carbocycles. The predicted octanol–water partition coefficient (Wildman–Crippen LogP) is 2.22. The largest absolute Gasteiger partial charge is 0.325 e. The van der Waals surface area contributed by atoms with Crippen molar-refractivity contribution in [2.24, 2.45) is 5.73 Å². The number of hydrogen-bond donors (Lipinski definition) is 1. The zero-order valence-electron chi connectivity index (χ0n) is 9.83. The maximum absolute atomic E-state index is 5.60. The van der Waals surface area contributed by atoms with Crippen LogP contribution >= 0.6 is 0 Å². The topological polar surface area (TPSA) is 43.8 Å². The Bertz CT molecular complexity index is 305. The third-order valence-corrected chi connectivity index (χ3v) is 2.22. The molecule has 0 fully saturated rings. The Balaban J connectivity index is 3.19. The van der Waals surface area contributed by atoms with Gasteiger partial charge in [-0.05, 0) is 32.8 Å². The molecule has 0 amide bonds. The summed E-state index contributed by atoms with van der Waals surface area (Å²) in [6, 6.07) is 2.11. The Kier molecular flexibility index (Phi) is 3.00. The summed E-state index contributed by atoms with van der Waals surface area (Å²) in [5, 5.41) is 4.51. The van der Waals surface area contributed by atoms with Crippen molar-refractivity contribution in [1.82, 2.24) is 9.78 Å². The standard InChI is InChI=1S/C11H21N3/c1-8(2)10-6-9(7-12)13-14(10)11(3,4)5/h6,8H,7,12H2,1-5H3. The van der Waals surface area contributed by atoms with Gasteiger partial charge in [0.25, 0.3) is 0 Å². The van der Waals surface area contributed by atoms with Crippen LogP contribution in [0.4, 0.5) is 0 Å². The summed E-state index contributed by atoms with van der Waals surface area (Å²) in [7, 11) is 0. The molecule has 0 saturated heterocycles. The van der Waals surface area contributed by atoms with E-state index in [1.54, 1.807) is 0 Å². The fourth-order valence-electron chi connectivity index (χ4n) is 1.50. The van der Waals surface area contributed by atoms with Crippen molar-refractivity contribution in [3.05, 3.63) is 17.5 Å². The summed E-state index contributed by atoms with van der Waals surface area (Å²) in [5.74, 6) is 0.488. The van der Waals surface area contributed by atoms with Crippen molar-refractivity contribution in [3.63, 3.8) is 0 Å². The van der Waals surface area contributed by atoms with Crippen molar-refractivity contribution >= 4 is 0 Å². The summed E-state index contributed by atoms with van der Waals surface area (Å²) >= 11 is 0. The molecule has 2 N–H and O–H groups in total. The number of nitrogens with zero attached hydrogens (tertiary/aromatic N) is 2. The predicted molar refractivity (Wildman–Crippen MR) is 59.2 cm³/mol. The monoisotopic (exact) mass is 195 g/mol. The Morgan fingerprint density at radius 2 is 2.00 bits per heavy atom. The molecule has 0 aliphatic rings. The highest BCUT2D eigenvalue weighted by Gasteiger charge is 2.20. The maximum atomic E-state index is 5.60. The molecule has 0 radical (unpaired) electrons. The molecule has 0 saturated carbocycles. The molecule has 0 spiro atoms. The zero-order valence-corrected chi connectivity index (χ0v) is 9.83. The van der Waals surface area contributed by atoms with E-state index in [4.69, 9.17) is 5.73 Å². The van der Waals surface area contributed by atoms with Crippen LogP contribution in [0.2, 0.25) is 0 Å². The molecular weight excluding hydrogens is 174 g/mol. The van der Waals surface area contributed by atoms with Crippen molar-refractivity contribution in [3.8, 4) is 0 Å². The van der Waals surface area contributed by atoms with Crippen molar-refractivity contribution in [1.29, 1.82) is 0 Å². The van der Waals surface area contributed by atoms with Gasteiger partial charge in [0.2, 0.25) is 0 Å². The Morgan fingerprint density at radius 1 is 1.43 bits per heavy atom. The highest BCUT2D eigenvalue weighted by Crippen LogP contribution is 2.23. The van der Waals surface area contributed by atoms with E-state index in [9.17, 15) is 0 Å². The van der Waals surface area contributed by atoms with Gasteiger partial charge in [-0.2, -0.15) is 5.10 Å². The molecule has 0 atom stereocenters. The third kappa shape index (κ3) is 2.15. The van der Waals surface area contributed by atoms with Crippen molar-refractivity contribution in [2.45, 2.75) is 52.6 Å². The molecule has 3 nitrogen and oxygen atoms in total. The lowest BCUT2D eigenvalue weighted by atomic mass is 10.1. The molecule has 80 valence electrons. The smallest absolute Gasteiger partial charge is 0.0763 e. The van der Waals surface area contributed by atoms with E-state index < -0.39 is 0 Å². The van der Waals surface area contributed by atoms with Crippen LogP contribution in [0, 0.1) is 0 Å². The molecule has 1 heterocycles. The highest BCUT2D eigenvalue weighted by molar-refractivity contribution is 5.15. The van der Waals surface area contributed by atoms with E-state index in [2.05, 4.69) is 50.5 Å². The van der Waals surface area contributed by atoms with Gasteiger partial charge in [0.05, 0.1) is 11.2 Å². The SMILES string of the molecule is CC(C)c1cc(CN)nn1C(C)(C)C. The average molecular weight is 195 g/mol. The minimum atomic E-state index is 0.0347. The minimum Gasteiger partial charge on any atom is -0.325 e. The van der Waals surface area contributed by atoms with E-state index >= 15 is 0 Å². The van der Waals surface area contributed by atoms with Crippen LogP contribution < -0.4 is 5.73 Å². The van der Waals surface area contributed by atoms with Crippen molar-refractivity contribution < 1.29 is 0 Å². The Hall–Kier alpha value is -0.830. The van der Waals surface area contributed by atoms with Crippen LogP contribution in [0.25, 0.3) is 0 Å². The van der Waals surface area contributed by atoms with Gasteiger partial charge in [-0.25, -0.2) is 0 Å². The van der Waals surface area contributed by atoms with Gasteiger partial charge in [0, 0.05) is 12.2 Å². The van der Waals surface area contributed by atoms with E-state index in [1.807, 2.05) is 0 Å². The van der Waals surface area contributed by atoms with Crippen LogP contribution in [0.1, 0.15) is 51.9 Å². The van der Waals surface area contributed by atoms with Crippen LogP contribution in [0.15, 0.2) is 6.07 Å². The molecule has 1 aromatic heterocycles. The second kappa shape index (κ2) is 3.73. The molecule has 0 aromatic carbocycles. The zero-order chi connectivity index (χ0) is 10.9. The Labute approximate surface area is 86.3 Å². The number of hydrogen-bond acceptors (Lipinski definition) is 2. The summed E-state index contributed by atoms with van der Waals surface area (Å²) in [6.07, 6.45) is 0. The molecule has 0 aliphatic heterocycles. The van der Waals surface area contributed by atoms with Crippen LogP contribution in [0.3, 0.4) is 0 Å². The van der Waals surface area contributed by atoms with Gasteiger partial charge in [0.15, 0.2) is 0 Å². The first-order chi connectivity index (χ1) is 6.36. The quantitative estimate of drug-likeness (QED) is 0.786. The summed E-state index contributed by atoms with van der Waals surface area (Å²) in [5.41, 5.74) is 7.87. The molecule has 0 unspecified atom stereocenters. The summed E-state index contributed by atoms with van der Waals surface area (Å²) in [4.78, 5) is 0. The maximum Gasteiger partial charge on any atom is 0.0763 e. The minimum absolute atomic E-state index is 0.0347. The second-order valence-corrected chi connectivity index (χ2v) is 5.00. The summed E-state index contributed by atoms with van der Waals surface area (Å²) in [6.45, 7) is 11.4. The van der Waals surface area contributed by atoms with Crippen molar-refractivity contribution in [2.75, 3.05) is 0 Å². The number of aromatic nitrogens is 2. The van der Waals surface area contributed by atoms with E-state index in [0.29, 0.717) is 12.5 Å². The first kappa shape index (κ1) is 11.2. The fraction of sp³-hybridized carbons (Fsp3) is 0.727. The second-order valence-electron chi connectivity index (χ2n) is 5.00. The molecule has 14 heavy (non-hydrogen) atoms. The third-order valence-electron chi connectivity index (χ3n) is 2.22.